The van der Waals surface area contributed by atoms with Crippen molar-refractivity contribution < 1.29 is 17.9 Å². The van der Waals surface area contributed by atoms with E-state index in [2.05, 4.69) is 16.3 Å². The van der Waals surface area contributed by atoms with Gasteiger partial charge in [-0.15, -0.1) is 0 Å². The minimum atomic E-state index is -3.49. The van der Waals surface area contributed by atoms with Crippen molar-refractivity contribution in [1.82, 2.24) is 9.21 Å². The van der Waals surface area contributed by atoms with Crippen LogP contribution in [0.25, 0.3) is 0 Å². The molecule has 1 unspecified atom stereocenters. The van der Waals surface area contributed by atoms with Gasteiger partial charge in [0, 0.05) is 24.8 Å². The summed E-state index contributed by atoms with van der Waals surface area (Å²) in [5, 5.41) is 2.92. The summed E-state index contributed by atoms with van der Waals surface area (Å²) in [6.45, 7) is 2.30. The lowest BCUT2D eigenvalue weighted by molar-refractivity contribution is -0.117. The van der Waals surface area contributed by atoms with Crippen molar-refractivity contribution in [3.05, 3.63) is 54.1 Å². The number of hydrogen-bond donors (Lipinski definition) is 1. The molecule has 0 spiro atoms. The van der Waals surface area contributed by atoms with E-state index in [1.807, 2.05) is 18.2 Å². The van der Waals surface area contributed by atoms with Crippen LogP contribution >= 0.6 is 0 Å². The number of likely N-dealkylation sites (tertiary alicyclic amines) is 1. The molecule has 7 nitrogen and oxygen atoms in total. The lowest BCUT2D eigenvalue weighted by Crippen LogP contribution is -2.33. The van der Waals surface area contributed by atoms with Crippen LogP contribution in [0.15, 0.2) is 53.4 Å². The topological polar surface area (TPSA) is 79.0 Å². The molecule has 2 aromatic rings. The van der Waals surface area contributed by atoms with Crippen LogP contribution in [-0.2, 0) is 14.8 Å². The molecule has 8 heteroatoms. The van der Waals surface area contributed by atoms with Gasteiger partial charge in [0.25, 0.3) is 0 Å². The highest BCUT2D eigenvalue weighted by Crippen LogP contribution is 2.33. The summed E-state index contributed by atoms with van der Waals surface area (Å²) in [7, 11) is -1.83. The average Bonchev–Trinajstić information content (AvgIpc) is 3.09. The van der Waals surface area contributed by atoms with Gasteiger partial charge in [-0.05, 0) is 74.2 Å². The Labute approximate surface area is 196 Å². The van der Waals surface area contributed by atoms with E-state index in [0.29, 0.717) is 18.8 Å². The van der Waals surface area contributed by atoms with Crippen LogP contribution in [0, 0.1) is 0 Å². The standard InChI is InChI=1S/C25H33N3O4S/c1-32-22-9-6-8-20(18-22)24-10-7-15-27(24)19-25(29)26-21-11-13-23(14-12-21)33(30,31)28-16-4-2-3-5-17-28/h6,8-9,11-14,18,24H,2-5,7,10,15-17,19H2,1H3,(H,26,29). The molecule has 178 valence electrons. The molecule has 2 saturated heterocycles. The summed E-state index contributed by atoms with van der Waals surface area (Å²) in [6, 6.07) is 14.7. The molecule has 0 radical (unpaired) electrons. The smallest absolute Gasteiger partial charge is 0.243 e. The molecule has 2 aliphatic heterocycles. The molecule has 0 bridgehead atoms. The highest BCUT2D eigenvalue weighted by molar-refractivity contribution is 7.89. The summed E-state index contributed by atoms with van der Waals surface area (Å²) in [5.41, 5.74) is 1.76. The minimum absolute atomic E-state index is 0.104. The number of nitrogens with one attached hydrogen (secondary N) is 1. The zero-order chi connectivity index (χ0) is 23.3. The number of amides is 1. The summed E-state index contributed by atoms with van der Waals surface area (Å²) >= 11 is 0. The molecule has 2 aromatic carbocycles. The molecule has 1 N–H and O–H groups in total. The Bertz CT molecular complexity index is 1050. The number of rotatable bonds is 7. The second kappa shape index (κ2) is 10.7. The van der Waals surface area contributed by atoms with Crippen LogP contribution in [0.4, 0.5) is 5.69 Å². The van der Waals surface area contributed by atoms with Gasteiger partial charge in [0.05, 0.1) is 18.6 Å². The number of carbonyl (C=O) groups excluding carboxylic acids is 1. The fraction of sp³-hybridized carbons (Fsp3) is 0.480. The van der Waals surface area contributed by atoms with Gasteiger partial charge in [-0.2, -0.15) is 4.31 Å². The first-order valence-corrected chi connectivity index (χ1v) is 13.2. The zero-order valence-corrected chi connectivity index (χ0v) is 20.0. The van der Waals surface area contributed by atoms with Crippen molar-refractivity contribution in [1.29, 1.82) is 0 Å². The molecule has 2 fully saturated rings. The van der Waals surface area contributed by atoms with E-state index >= 15 is 0 Å². The van der Waals surface area contributed by atoms with Crippen molar-refractivity contribution in [2.75, 3.05) is 38.6 Å². The summed E-state index contributed by atoms with van der Waals surface area (Å²) in [4.78, 5) is 15.2. The van der Waals surface area contributed by atoms with Gasteiger partial charge in [0.15, 0.2) is 0 Å². The lowest BCUT2D eigenvalue weighted by Gasteiger charge is -2.24. The number of carbonyl (C=O) groups is 1. The molecule has 1 atom stereocenters. The third-order valence-corrected chi connectivity index (χ3v) is 8.44. The van der Waals surface area contributed by atoms with Crippen LogP contribution in [0.5, 0.6) is 5.75 Å². The number of benzene rings is 2. The van der Waals surface area contributed by atoms with Gasteiger partial charge >= 0.3 is 0 Å². The molecule has 2 heterocycles. The van der Waals surface area contributed by atoms with E-state index in [9.17, 15) is 13.2 Å². The highest BCUT2D eigenvalue weighted by Gasteiger charge is 2.28. The molecule has 0 aromatic heterocycles. The maximum absolute atomic E-state index is 12.9. The number of hydrogen-bond acceptors (Lipinski definition) is 5. The van der Waals surface area contributed by atoms with E-state index in [-0.39, 0.29) is 23.4 Å². The number of ether oxygens (including phenoxy) is 1. The van der Waals surface area contributed by atoms with E-state index in [1.54, 1.807) is 35.7 Å². The van der Waals surface area contributed by atoms with Crippen LogP contribution in [-0.4, -0.2) is 56.8 Å². The maximum atomic E-state index is 12.9. The van der Waals surface area contributed by atoms with Gasteiger partial charge in [0.1, 0.15) is 5.75 Å². The minimum Gasteiger partial charge on any atom is -0.497 e. The van der Waals surface area contributed by atoms with Crippen LogP contribution in [0.3, 0.4) is 0 Å². The van der Waals surface area contributed by atoms with Crippen LogP contribution in [0.1, 0.15) is 50.1 Å². The predicted octanol–water partition coefficient (Wildman–Crippen LogP) is 4.04. The Morgan fingerprint density at radius 2 is 1.73 bits per heavy atom. The average molecular weight is 472 g/mol. The fourth-order valence-corrected chi connectivity index (χ4v) is 6.29. The molecular weight excluding hydrogens is 438 g/mol. The van der Waals surface area contributed by atoms with E-state index < -0.39 is 10.0 Å². The molecule has 0 saturated carbocycles. The quantitative estimate of drug-likeness (QED) is 0.660. The van der Waals surface area contributed by atoms with Gasteiger partial charge in [0.2, 0.25) is 15.9 Å². The number of methoxy groups -OCH3 is 1. The van der Waals surface area contributed by atoms with Gasteiger partial charge in [-0.3, -0.25) is 9.69 Å². The largest absolute Gasteiger partial charge is 0.497 e. The van der Waals surface area contributed by atoms with Crippen LogP contribution < -0.4 is 10.1 Å². The Kier molecular flexibility index (Phi) is 7.67. The number of anilines is 1. The van der Waals surface area contributed by atoms with E-state index in [0.717, 1.165) is 56.4 Å². The van der Waals surface area contributed by atoms with Crippen molar-refractivity contribution >= 4 is 21.6 Å². The number of sulfonamides is 1. The Balaban J connectivity index is 1.37. The molecule has 4 rings (SSSR count). The predicted molar refractivity (Wildman–Crippen MR) is 129 cm³/mol. The van der Waals surface area contributed by atoms with Crippen molar-refractivity contribution in [2.24, 2.45) is 0 Å². The first-order chi connectivity index (χ1) is 16.0. The van der Waals surface area contributed by atoms with Crippen LogP contribution in [0.2, 0.25) is 0 Å². The third kappa shape index (κ3) is 5.75. The molecule has 2 aliphatic rings. The first-order valence-electron chi connectivity index (χ1n) is 11.8. The summed E-state index contributed by atoms with van der Waals surface area (Å²) in [6.07, 6.45) is 6.00. The zero-order valence-electron chi connectivity index (χ0n) is 19.2. The van der Waals surface area contributed by atoms with Crippen molar-refractivity contribution in [3.8, 4) is 5.75 Å². The Morgan fingerprint density at radius 1 is 1.00 bits per heavy atom. The fourth-order valence-electron chi connectivity index (χ4n) is 4.77. The second-order valence-corrected chi connectivity index (χ2v) is 10.7. The normalized spacial score (nSPS) is 20.3. The Hall–Kier alpha value is -2.42. The van der Waals surface area contributed by atoms with Gasteiger partial charge in [-0.25, -0.2) is 8.42 Å². The SMILES string of the molecule is COc1cccc(C2CCCN2CC(=O)Nc2ccc(S(=O)(=O)N3CCCCCC3)cc2)c1. The monoisotopic (exact) mass is 471 g/mol. The van der Waals surface area contributed by atoms with Gasteiger partial charge < -0.3 is 10.1 Å². The molecular formula is C25H33N3O4S. The van der Waals surface area contributed by atoms with Gasteiger partial charge in [-0.1, -0.05) is 25.0 Å². The third-order valence-electron chi connectivity index (χ3n) is 6.53. The summed E-state index contributed by atoms with van der Waals surface area (Å²) in [5.74, 6) is 0.715. The molecule has 1 amide bonds. The van der Waals surface area contributed by atoms with E-state index in [1.165, 1.54) is 0 Å². The highest BCUT2D eigenvalue weighted by atomic mass is 32.2. The maximum Gasteiger partial charge on any atom is 0.243 e. The first kappa shape index (κ1) is 23.7. The molecule has 0 aliphatic carbocycles. The second-order valence-electron chi connectivity index (χ2n) is 8.80. The van der Waals surface area contributed by atoms with E-state index in [4.69, 9.17) is 4.74 Å². The lowest BCUT2D eigenvalue weighted by atomic mass is 10.0. The van der Waals surface area contributed by atoms with Crippen molar-refractivity contribution in [2.45, 2.75) is 49.5 Å². The number of nitrogens with zero attached hydrogens (tertiary/aromatic N) is 2. The Morgan fingerprint density at radius 3 is 2.42 bits per heavy atom. The summed E-state index contributed by atoms with van der Waals surface area (Å²) < 4.78 is 32.8. The van der Waals surface area contributed by atoms with Crippen molar-refractivity contribution in [3.63, 3.8) is 0 Å². The molecule has 33 heavy (non-hydrogen) atoms.